The van der Waals surface area contributed by atoms with E-state index in [2.05, 4.69) is 51.1 Å². The van der Waals surface area contributed by atoms with Gasteiger partial charge in [-0.15, -0.1) is 0 Å². The standard InChI is InChI=1S/C16H26/c1-16(2,3)14-10-5-4-7-11-15-12-8-6-9-13-15/h6,8-9,12-13H,4-5,7,10-11,14H2,1-3H3. The Morgan fingerprint density at radius 3 is 2.06 bits per heavy atom. The topological polar surface area (TPSA) is 0 Å². The third-order valence-electron chi connectivity index (χ3n) is 2.99. The van der Waals surface area contributed by atoms with E-state index in [-0.39, 0.29) is 0 Å². The summed E-state index contributed by atoms with van der Waals surface area (Å²) < 4.78 is 0. The molecule has 1 aromatic rings. The van der Waals surface area contributed by atoms with E-state index in [1.54, 1.807) is 0 Å². The van der Waals surface area contributed by atoms with Gasteiger partial charge in [0.2, 0.25) is 0 Å². The van der Waals surface area contributed by atoms with Crippen molar-refractivity contribution in [3.8, 4) is 0 Å². The molecule has 0 bridgehead atoms. The zero-order valence-electron chi connectivity index (χ0n) is 11.1. The molecule has 0 saturated heterocycles. The number of hydrogen-bond acceptors (Lipinski definition) is 0. The molecule has 0 aliphatic rings. The predicted molar refractivity (Wildman–Crippen MR) is 72.7 cm³/mol. The normalized spacial score (nSPS) is 11.7. The summed E-state index contributed by atoms with van der Waals surface area (Å²) >= 11 is 0. The molecule has 16 heavy (non-hydrogen) atoms. The largest absolute Gasteiger partial charge is 0.0622 e. The van der Waals surface area contributed by atoms with Crippen LogP contribution in [-0.2, 0) is 6.42 Å². The number of unbranched alkanes of at least 4 members (excludes halogenated alkanes) is 3. The highest BCUT2D eigenvalue weighted by Crippen LogP contribution is 2.22. The first-order valence-electron chi connectivity index (χ1n) is 6.62. The number of aryl methyl sites for hydroxylation is 1. The minimum Gasteiger partial charge on any atom is -0.0622 e. The highest BCUT2D eigenvalue weighted by molar-refractivity contribution is 5.14. The van der Waals surface area contributed by atoms with Crippen molar-refractivity contribution in [3.05, 3.63) is 35.9 Å². The molecule has 0 nitrogen and oxygen atoms in total. The van der Waals surface area contributed by atoms with Gasteiger partial charge in [0.25, 0.3) is 0 Å². The molecular formula is C16H26. The summed E-state index contributed by atoms with van der Waals surface area (Å²) in [4.78, 5) is 0. The molecule has 0 unspecified atom stereocenters. The van der Waals surface area contributed by atoms with Crippen LogP contribution in [0.2, 0.25) is 0 Å². The lowest BCUT2D eigenvalue weighted by Crippen LogP contribution is -2.03. The van der Waals surface area contributed by atoms with Gasteiger partial charge < -0.3 is 0 Å². The van der Waals surface area contributed by atoms with Crippen molar-refractivity contribution < 1.29 is 0 Å². The lowest BCUT2D eigenvalue weighted by atomic mass is 9.89. The van der Waals surface area contributed by atoms with Crippen molar-refractivity contribution in [2.45, 2.75) is 59.3 Å². The van der Waals surface area contributed by atoms with Crippen molar-refractivity contribution in [3.63, 3.8) is 0 Å². The van der Waals surface area contributed by atoms with Gasteiger partial charge in [0.1, 0.15) is 0 Å². The molecule has 0 amide bonds. The van der Waals surface area contributed by atoms with Gasteiger partial charge in [-0.2, -0.15) is 0 Å². The van der Waals surface area contributed by atoms with Crippen LogP contribution >= 0.6 is 0 Å². The van der Waals surface area contributed by atoms with Gasteiger partial charge in [-0.1, -0.05) is 70.4 Å². The SMILES string of the molecule is CC(C)(C)CCCCCCc1ccccc1. The highest BCUT2D eigenvalue weighted by Gasteiger charge is 2.08. The molecule has 0 aliphatic carbocycles. The quantitative estimate of drug-likeness (QED) is 0.574. The summed E-state index contributed by atoms with van der Waals surface area (Å²) in [6.07, 6.45) is 8.11. The van der Waals surface area contributed by atoms with Gasteiger partial charge in [0.15, 0.2) is 0 Å². The van der Waals surface area contributed by atoms with E-state index in [4.69, 9.17) is 0 Å². The van der Waals surface area contributed by atoms with Gasteiger partial charge in [0, 0.05) is 0 Å². The molecule has 0 spiro atoms. The predicted octanol–water partition coefficient (Wildman–Crippen LogP) is 5.23. The maximum absolute atomic E-state index is 2.33. The van der Waals surface area contributed by atoms with E-state index in [0.29, 0.717) is 5.41 Å². The Hall–Kier alpha value is -0.780. The summed E-state index contributed by atoms with van der Waals surface area (Å²) in [7, 11) is 0. The summed E-state index contributed by atoms with van der Waals surface area (Å²) in [5.74, 6) is 0. The Morgan fingerprint density at radius 2 is 1.44 bits per heavy atom. The van der Waals surface area contributed by atoms with Crippen molar-refractivity contribution in [2.24, 2.45) is 5.41 Å². The molecular weight excluding hydrogens is 192 g/mol. The van der Waals surface area contributed by atoms with Crippen molar-refractivity contribution >= 4 is 0 Å². The Balaban J connectivity index is 2.01. The van der Waals surface area contributed by atoms with E-state index in [1.807, 2.05) is 0 Å². The molecule has 1 rings (SSSR count). The van der Waals surface area contributed by atoms with Crippen LogP contribution in [0.25, 0.3) is 0 Å². The maximum atomic E-state index is 2.33. The Bertz CT molecular complexity index is 266. The summed E-state index contributed by atoms with van der Waals surface area (Å²) in [6.45, 7) is 6.99. The fourth-order valence-corrected chi connectivity index (χ4v) is 1.98. The summed E-state index contributed by atoms with van der Waals surface area (Å²) in [5.41, 5.74) is 2.00. The molecule has 0 fully saturated rings. The highest BCUT2D eigenvalue weighted by atomic mass is 14.1. The van der Waals surface area contributed by atoms with Gasteiger partial charge in [-0.05, 0) is 30.2 Å². The van der Waals surface area contributed by atoms with Crippen LogP contribution in [0, 0.1) is 5.41 Å². The van der Waals surface area contributed by atoms with Gasteiger partial charge in [-0.3, -0.25) is 0 Å². The first-order valence-corrected chi connectivity index (χ1v) is 6.62. The maximum Gasteiger partial charge on any atom is -0.0279 e. The smallest absolute Gasteiger partial charge is 0.0279 e. The van der Waals surface area contributed by atoms with Gasteiger partial charge in [0.05, 0.1) is 0 Å². The minimum absolute atomic E-state index is 0.513. The fraction of sp³-hybridized carbons (Fsp3) is 0.625. The second kappa shape index (κ2) is 6.73. The van der Waals surface area contributed by atoms with Crippen LogP contribution in [0.1, 0.15) is 58.4 Å². The number of rotatable bonds is 6. The van der Waals surface area contributed by atoms with Gasteiger partial charge >= 0.3 is 0 Å². The van der Waals surface area contributed by atoms with Crippen LogP contribution in [0.15, 0.2) is 30.3 Å². The van der Waals surface area contributed by atoms with E-state index in [0.717, 1.165) is 0 Å². The molecule has 0 heterocycles. The summed E-state index contributed by atoms with van der Waals surface area (Å²) in [5, 5.41) is 0. The number of hydrogen-bond donors (Lipinski definition) is 0. The van der Waals surface area contributed by atoms with E-state index in [9.17, 15) is 0 Å². The van der Waals surface area contributed by atoms with Crippen molar-refractivity contribution in [1.82, 2.24) is 0 Å². The molecule has 0 radical (unpaired) electrons. The Labute approximate surface area is 101 Å². The van der Waals surface area contributed by atoms with Crippen LogP contribution in [-0.4, -0.2) is 0 Å². The fourth-order valence-electron chi connectivity index (χ4n) is 1.98. The lowest BCUT2D eigenvalue weighted by Gasteiger charge is -2.17. The van der Waals surface area contributed by atoms with Crippen LogP contribution in [0.3, 0.4) is 0 Å². The average Bonchev–Trinajstić information content (AvgIpc) is 2.23. The summed E-state index contributed by atoms with van der Waals surface area (Å²) in [6, 6.07) is 10.8. The third kappa shape index (κ3) is 6.66. The van der Waals surface area contributed by atoms with E-state index >= 15 is 0 Å². The monoisotopic (exact) mass is 218 g/mol. The van der Waals surface area contributed by atoms with E-state index < -0.39 is 0 Å². The molecule has 0 N–H and O–H groups in total. The first kappa shape index (κ1) is 13.3. The minimum atomic E-state index is 0.513. The molecule has 0 heteroatoms. The Morgan fingerprint density at radius 1 is 0.812 bits per heavy atom. The lowest BCUT2D eigenvalue weighted by molar-refractivity contribution is 0.357. The molecule has 1 aromatic carbocycles. The van der Waals surface area contributed by atoms with Gasteiger partial charge in [-0.25, -0.2) is 0 Å². The zero-order chi connectivity index (χ0) is 11.9. The van der Waals surface area contributed by atoms with Crippen molar-refractivity contribution in [2.75, 3.05) is 0 Å². The molecule has 0 saturated carbocycles. The first-order chi connectivity index (χ1) is 7.58. The second-order valence-electron chi connectivity index (χ2n) is 5.96. The average molecular weight is 218 g/mol. The Kier molecular flexibility index (Phi) is 5.59. The van der Waals surface area contributed by atoms with Crippen LogP contribution in [0.4, 0.5) is 0 Å². The van der Waals surface area contributed by atoms with E-state index in [1.165, 1.54) is 44.1 Å². The molecule has 0 aromatic heterocycles. The van der Waals surface area contributed by atoms with Crippen LogP contribution in [0.5, 0.6) is 0 Å². The molecule has 0 aliphatic heterocycles. The van der Waals surface area contributed by atoms with Crippen LogP contribution < -0.4 is 0 Å². The molecule has 90 valence electrons. The third-order valence-corrected chi connectivity index (χ3v) is 2.99. The van der Waals surface area contributed by atoms with Crippen molar-refractivity contribution in [1.29, 1.82) is 0 Å². The number of benzene rings is 1. The second-order valence-corrected chi connectivity index (χ2v) is 5.96. The molecule has 0 atom stereocenters. The zero-order valence-corrected chi connectivity index (χ0v) is 11.1.